The van der Waals surface area contributed by atoms with Gasteiger partial charge in [0.15, 0.2) is 0 Å². The summed E-state index contributed by atoms with van der Waals surface area (Å²) >= 11 is 0. The van der Waals surface area contributed by atoms with Crippen LogP contribution in [0.5, 0.6) is 0 Å². The van der Waals surface area contributed by atoms with E-state index in [2.05, 4.69) is 13.8 Å². The van der Waals surface area contributed by atoms with Gasteiger partial charge < -0.3 is 5.73 Å². The molecule has 0 aromatic heterocycles. The maximum Gasteiger partial charge on any atom is 0.126 e. The van der Waals surface area contributed by atoms with E-state index in [9.17, 15) is 8.78 Å². The van der Waals surface area contributed by atoms with Crippen LogP contribution in [0.25, 0.3) is 0 Å². The van der Waals surface area contributed by atoms with Gasteiger partial charge in [-0.2, -0.15) is 0 Å². The third-order valence-corrected chi connectivity index (χ3v) is 3.39. The van der Waals surface area contributed by atoms with Crippen molar-refractivity contribution in [3.8, 4) is 0 Å². The standard InChI is InChI=1S/C14H21F2N/c1-4-10(5-2)9-14(3,17)11-6-12(15)8-13(16)7-11/h6-8,10H,4-5,9,17H2,1-3H3. The molecule has 0 radical (unpaired) electrons. The second kappa shape index (κ2) is 5.58. The molecule has 0 heterocycles. The lowest BCUT2D eigenvalue weighted by Gasteiger charge is -2.29. The molecule has 1 aromatic carbocycles. The molecule has 0 aliphatic carbocycles. The molecule has 0 amide bonds. The number of hydrogen-bond acceptors (Lipinski definition) is 1. The first-order valence-corrected chi connectivity index (χ1v) is 6.14. The van der Waals surface area contributed by atoms with Gasteiger partial charge in [0.05, 0.1) is 0 Å². The molecule has 0 bridgehead atoms. The van der Waals surface area contributed by atoms with Crippen molar-refractivity contribution < 1.29 is 8.78 Å². The van der Waals surface area contributed by atoms with E-state index in [1.165, 1.54) is 12.1 Å². The SMILES string of the molecule is CCC(CC)CC(C)(N)c1cc(F)cc(F)c1. The molecule has 1 rings (SSSR count). The third kappa shape index (κ3) is 3.77. The Balaban J connectivity index is 2.95. The van der Waals surface area contributed by atoms with Crippen LogP contribution in [-0.2, 0) is 5.54 Å². The number of nitrogens with two attached hydrogens (primary N) is 1. The van der Waals surface area contributed by atoms with Crippen LogP contribution >= 0.6 is 0 Å². The Morgan fingerprint density at radius 2 is 1.59 bits per heavy atom. The van der Waals surface area contributed by atoms with Gasteiger partial charge in [-0.15, -0.1) is 0 Å². The quantitative estimate of drug-likeness (QED) is 0.829. The summed E-state index contributed by atoms with van der Waals surface area (Å²) in [5, 5.41) is 0. The van der Waals surface area contributed by atoms with Gasteiger partial charge in [0.25, 0.3) is 0 Å². The first-order chi connectivity index (χ1) is 7.89. The molecule has 0 spiro atoms. The van der Waals surface area contributed by atoms with Crippen LogP contribution < -0.4 is 5.73 Å². The molecule has 1 atom stereocenters. The topological polar surface area (TPSA) is 26.0 Å². The molecule has 2 N–H and O–H groups in total. The molecule has 1 nitrogen and oxygen atoms in total. The summed E-state index contributed by atoms with van der Waals surface area (Å²) in [5.74, 6) is -0.654. The largest absolute Gasteiger partial charge is 0.322 e. The highest BCUT2D eigenvalue weighted by molar-refractivity contribution is 5.25. The summed E-state index contributed by atoms with van der Waals surface area (Å²) in [4.78, 5) is 0. The van der Waals surface area contributed by atoms with Crippen molar-refractivity contribution in [2.45, 2.75) is 45.6 Å². The smallest absolute Gasteiger partial charge is 0.126 e. The van der Waals surface area contributed by atoms with Gasteiger partial charge in [-0.25, -0.2) is 8.78 Å². The second-order valence-electron chi connectivity index (χ2n) is 4.96. The minimum absolute atomic E-state index is 0.483. The molecule has 0 fully saturated rings. The lowest BCUT2D eigenvalue weighted by atomic mass is 9.82. The van der Waals surface area contributed by atoms with Gasteiger partial charge in [-0.05, 0) is 37.0 Å². The van der Waals surface area contributed by atoms with E-state index in [1.54, 1.807) is 0 Å². The summed E-state index contributed by atoms with van der Waals surface area (Å²) in [7, 11) is 0. The van der Waals surface area contributed by atoms with Crippen molar-refractivity contribution in [2.24, 2.45) is 11.7 Å². The minimum Gasteiger partial charge on any atom is -0.322 e. The zero-order valence-electron chi connectivity index (χ0n) is 10.8. The van der Waals surface area contributed by atoms with Gasteiger partial charge in [0.1, 0.15) is 11.6 Å². The lowest BCUT2D eigenvalue weighted by molar-refractivity contribution is 0.327. The Kier molecular flexibility index (Phi) is 4.63. The Labute approximate surface area is 102 Å². The minimum atomic E-state index is -0.681. The Hall–Kier alpha value is -0.960. The fourth-order valence-corrected chi connectivity index (χ4v) is 2.18. The zero-order valence-corrected chi connectivity index (χ0v) is 10.8. The number of rotatable bonds is 5. The van der Waals surface area contributed by atoms with Crippen LogP contribution in [0.3, 0.4) is 0 Å². The summed E-state index contributed by atoms with van der Waals surface area (Å²) in [6, 6.07) is 3.52. The van der Waals surface area contributed by atoms with Crippen molar-refractivity contribution in [3.05, 3.63) is 35.4 Å². The highest BCUT2D eigenvalue weighted by atomic mass is 19.1. The normalized spacial score (nSPS) is 15.0. The zero-order chi connectivity index (χ0) is 13.1. The highest BCUT2D eigenvalue weighted by Crippen LogP contribution is 2.29. The van der Waals surface area contributed by atoms with Crippen LogP contribution in [0, 0.1) is 17.6 Å². The number of benzene rings is 1. The molecule has 1 unspecified atom stereocenters. The van der Waals surface area contributed by atoms with E-state index < -0.39 is 17.2 Å². The molecule has 0 aliphatic rings. The third-order valence-electron chi connectivity index (χ3n) is 3.39. The summed E-state index contributed by atoms with van der Waals surface area (Å²) < 4.78 is 26.3. The monoisotopic (exact) mass is 241 g/mol. The van der Waals surface area contributed by atoms with E-state index in [0.29, 0.717) is 11.5 Å². The van der Waals surface area contributed by atoms with E-state index in [1.807, 2.05) is 6.92 Å². The molecule has 0 saturated heterocycles. The molecule has 1 aromatic rings. The van der Waals surface area contributed by atoms with Crippen LogP contribution in [0.4, 0.5) is 8.78 Å². The van der Waals surface area contributed by atoms with Crippen molar-refractivity contribution in [2.75, 3.05) is 0 Å². The summed E-state index contributed by atoms with van der Waals surface area (Å²) in [6.45, 7) is 6.05. The van der Waals surface area contributed by atoms with Crippen LogP contribution in [0.1, 0.15) is 45.6 Å². The molecule has 0 saturated carbocycles. The predicted octanol–water partition coefficient (Wildman–Crippen LogP) is 3.97. The average molecular weight is 241 g/mol. The van der Waals surface area contributed by atoms with Gasteiger partial charge >= 0.3 is 0 Å². The predicted molar refractivity (Wildman–Crippen MR) is 66.6 cm³/mol. The van der Waals surface area contributed by atoms with E-state index in [4.69, 9.17) is 5.73 Å². The van der Waals surface area contributed by atoms with Crippen LogP contribution in [0.15, 0.2) is 18.2 Å². The molecule has 96 valence electrons. The maximum absolute atomic E-state index is 13.2. The number of halogens is 2. The van der Waals surface area contributed by atoms with Crippen molar-refractivity contribution in [3.63, 3.8) is 0 Å². The van der Waals surface area contributed by atoms with Gasteiger partial charge in [-0.3, -0.25) is 0 Å². The first-order valence-electron chi connectivity index (χ1n) is 6.14. The Morgan fingerprint density at radius 1 is 1.12 bits per heavy atom. The van der Waals surface area contributed by atoms with Gasteiger partial charge in [0, 0.05) is 11.6 Å². The van der Waals surface area contributed by atoms with E-state index >= 15 is 0 Å². The van der Waals surface area contributed by atoms with Crippen molar-refractivity contribution in [1.82, 2.24) is 0 Å². The van der Waals surface area contributed by atoms with E-state index in [-0.39, 0.29) is 0 Å². The number of hydrogen-bond donors (Lipinski definition) is 1. The Bertz CT molecular complexity index is 350. The van der Waals surface area contributed by atoms with Gasteiger partial charge in [0.2, 0.25) is 0 Å². The fourth-order valence-electron chi connectivity index (χ4n) is 2.18. The first kappa shape index (κ1) is 14.1. The van der Waals surface area contributed by atoms with Crippen LogP contribution in [0.2, 0.25) is 0 Å². The molecule has 17 heavy (non-hydrogen) atoms. The van der Waals surface area contributed by atoms with E-state index in [0.717, 1.165) is 25.3 Å². The Morgan fingerprint density at radius 3 is 2.00 bits per heavy atom. The molecular formula is C14H21F2N. The molecule has 3 heteroatoms. The average Bonchev–Trinajstić information content (AvgIpc) is 2.24. The molecule has 0 aliphatic heterocycles. The maximum atomic E-state index is 13.2. The lowest BCUT2D eigenvalue weighted by Crippen LogP contribution is -2.35. The summed E-state index contributed by atoms with van der Waals surface area (Å²) in [6.07, 6.45) is 2.80. The van der Waals surface area contributed by atoms with Crippen molar-refractivity contribution >= 4 is 0 Å². The fraction of sp³-hybridized carbons (Fsp3) is 0.571. The van der Waals surface area contributed by atoms with Crippen LogP contribution in [-0.4, -0.2) is 0 Å². The van der Waals surface area contributed by atoms with Crippen molar-refractivity contribution in [1.29, 1.82) is 0 Å². The highest BCUT2D eigenvalue weighted by Gasteiger charge is 2.25. The molecular weight excluding hydrogens is 220 g/mol. The van der Waals surface area contributed by atoms with Gasteiger partial charge in [-0.1, -0.05) is 26.7 Å². The summed E-state index contributed by atoms with van der Waals surface area (Å²) in [5.41, 5.74) is 6.04. The second-order valence-corrected chi connectivity index (χ2v) is 4.96.